The van der Waals surface area contributed by atoms with Crippen molar-refractivity contribution in [1.29, 1.82) is 0 Å². The highest BCUT2D eigenvalue weighted by molar-refractivity contribution is 6.33. The lowest BCUT2D eigenvalue weighted by atomic mass is 10.0. The van der Waals surface area contributed by atoms with E-state index >= 15 is 0 Å². The SMILES string of the molecule is CCC(Cl)C(=O)c1cccc(C(=O)OC)c1. The van der Waals surface area contributed by atoms with Gasteiger partial charge in [-0.3, -0.25) is 4.79 Å². The number of carbonyl (C=O) groups excluding carboxylic acids is 2. The van der Waals surface area contributed by atoms with E-state index in [1.54, 1.807) is 18.2 Å². The van der Waals surface area contributed by atoms with Gasteiger partial charge in [-0.05, 0) is 18.6 Å². The van der Waals surface area contributed by atoms with E-state index in [1.807, 2.05) is 6.92 Å². The fraction of sp³-hybridized carbons (Fsp3) is 0.333. The van der Waals surface area contributed by atoms with E-state index in [9.17, 15) is 9.59 Å². The maximum Gasteiger partial charge on any atom is 0.337 e. The zero-order valence-corrected chi connectivity index (χ0v) is 9.95. The number of methoxy groups -OCH3 is 1. The lowest BCUT2D eigenvalue weighted by molar-refractivity contribution is 0.0600. The molecular formula is C12H13ClO3. The molecule has 0 N–H and O–H groups in total. The predicted molar refractivity (Wildman–Crippen MR) is 62.0 cm³/mol. The third kappa shape index (κ3) is 2.83. The fourth-order valence-corrected chi connectivity index (χ4v) is 1.41. The van der Waals surface area contributed by atoms with Crippen molar-refractivity contribution in [2.75, 3.05) is 7.11 Å². The van der Waals surface area contributed by atoms with Crippen LogP contribution in [0, 0.1) is 0 Å². The largest absolute Gasteiger partial charge is 0.465 e. The molecule has 0 fully saturated rings. The molecule has 1 unspecified atom stereocenters. The summed E-state index contributed by atoms with van der Waals surface area (Å²) in [5.74, 6) is -0.632. The van der Waals surface area contributed by atoms with E-state index in [1.165, 1.54) is 13.2 Å². The molecule has 0 heterocycles. The molecule has 0 radical (unpaired) electrons. The Morgan fingerprint density at radius 1 is 1.38 bits per heavy atom. The van der Waals surface area contributed by atoms with Crippen LogP contribution >= 0.6 is 11.6 Å². The second kappa shape index (κ2) is 5.66. The van der Waals surface area contributed by atoms with Gasteiger partial charge in [0.25, 0.3) is 0 Å². The van der Waals surface area contributed by atoms with E-state index in [-0.39, 0.29) is 5.78 Å². The minimum atomic E-state index is -0.548. The first-order valence-corrected chi connectivity index (χ1v) is 5.40. The first-order valence-electron chi connectivity index (χ1n) is 4.96. The van der Waals surface area contributed by atoms with E-state index in [0.717, 1.165) is 0 Å². The first kappa shape index (κ1) is 12.7. The van der Waals surface area contributed by atoms with E-state index < -0.39 is 11.3 Å². The molecule has 0 saturated carbocycles. The Morgan fingerprint density at radius 3 is 2.56 bits per heavy atom. The van der Waals surface area contributed by atoms with Gasteiger partial charge in [-0.15, -0.1) is 11.6 Å². The Kier molecular flexibility index (Phi) is 4.50. The monoisotopic (exact) mass is 240 g/mol. The molecule has 1 aromatic carbocycles. The van der Waals surface area contributed by atoms with Gasteiger partial charge in [-0.25, -0.2) is 4.79 Å². The molecule has 0 aliphatic carbocycles. The first-order chi connectivity index (χ1) is 7.60. The van der Waals surface area contributed by atoms with Gasteiger partial charge >= 0.3 is 5.97 Å². The van der Waals surface area contributed by atoms with Crippen molar-refractivity contribution < 1.29 is 14.3 Å². The summed E-state index contributed by atoms with van der Waals surface area (Å²) >= 11 is 5.85. The molecule has 3 nitrogen and oxygen atoms in total. The quantitative estimate of drug-likeness (QED) is 0.462. The van der Waals surface area contributed by atoms with Crippen LogP contribution in [-0.2, 0) is 4.74 Å². The summed E-state index contributed by atoms with van der Waals surface area (Å²) in [5, 5.41) is -0.548. The number of ketones is 1. The number of benzene rings is 1. The van der Waals surface area contributed by atoms with Gasteiger partial charge < -0.3 is 4.74 Å². The van der Waals surface area contributed by atoms with Crippen LogP contribution in [-0.4, -0.2) is 24.2 Å². The predicted octanol–water partition coefficient (Wildman–Crippen LogP) is 2.67. The van der Waals surface area contributed by atoms with Gasteiger partial charge in [-0.1, -0.05) is 19.1 Å². The van der Waals surface area contributed by atoms with Crippen LogP contribution in [0.1, 0.15) is 34.1 Å². The number of ether oxygens (including phenoxy) is 1. The van der Waals surface area contributed by atoms with Gasteiger partial charge in [0.15, 0.2) is 5.78 Å². The summed E-state index contributed by atoms with van der Waals surface area (Å²) in [6.07, 6.45) is 0.558. The molecule has 0 aromatic heterocycles. The molecule has 16 heavy (non-hydrogen) atoms. The van der Waals surface area contributed by atoms with Crippen molar-refractivity contribution in [2.45, 2.75) is 18.7 Å². The highest BCUT2D eigenvalue weighted by Crippen LogP contribution is 2.13. The summed E-state index contributed by atoms with van der Waals surface area (Å²) < 4.78 is 4.57. The molecule has 0 saturated heterocycles. The Bertz CT molecular complexity index is 401. The Balaban J connectivity index is 2.99. The van der Waals surface area contributed by atoms with Crippen molar-refractivity contribution in [3.05, 3.63) is 35.4 Å². The standard InChI is InChI=1S/C12H13ClO3/c1-3-10(13)11(14)8-5-4-6-9(7-8)12(15)16-2/h4-7,10H,3H2,1-2H3. The smallest absolute Gasteiger partial charge is 0.337 e. The minimum Gasteiger partial charge on any atom is -0.465 e. The van der Waals surface area contributed by atoms with Gasteiger partial charge in [0.2, 0.25) is 0 Å². The lowest BCUT2D eigenvalue weighted by Gasteiger charge is -2.06. The average Bonchev–Trinajstić information content (AvgIpc) is 2.36. The molecule has 0 aliphatic rings. The summed E-state index contributed by atoms with van der Waals surface area (Å²) in [6, 6.07) is 6.37. The maximum absolute atomic E-state index is 11.8. The second-order valence-electron chi connectivity index (χ2n) is 3.31. The van der Waals surface area contributed by atoms with Crippen molar-refractivity contribution >= 4 is 23.4 Å². The average molecular weight is 241 g/mol. The molecule has 0 bridgehead atoms. The number of Topliss-reactive ketones (excluding diaryl/α,β-unsaturated/α-hetero) is 1. The summed E-state index contributed by atoms with van der Waals surface area (Å²) in [7, 11) is 1.30. The molecule has 0 spiro atoms. The van der Waals surface area contributed by atoms with E-state index in [2.05, 4.69) is 4.74 Å². The third-order valence-electron chi connectivity index (χ3n) is 2.21. The summed E-state index contributed by atoms with van der Waals surface area (Å²) in [4.78, 5) is 23.0. The lowest BCUT2D eigenvalue weighted by Crippen LogP contribution is -2.14. The number of rotatable bonds is 4. The summed E-state index contributed by atoms with van der Waals surface area (Å²) in [5.41, 5.74) is 0.790. The normalized spacial score (nSPS) is 11.9. The Morgan fingerprint density at radius 2 is 2.00 bits per heavy atom. The minimum absolute atomic E-state index is 0.171. The Labute approximate surface area is 99.4 Å². The molecule has 0 amide bonds. The topological polar surface area (TPSA) is 43.4 Å². The van der Waals surface area contributed by atoms with Crippen LogP contribution in [0.2, 0.25) is 0 Å². The number of esters is 1. The highest BCUT2D eigenvalue weighted by atomic mass is 35.5. The van der Waals surface area contributed by atoms with E-state index in [0.29, 0.717) is 17.5 Å². The van der Waals surface area contributed by atoms with Crippen LogP contribution in [0.5, 0.6) is 0 Å². The number of hydrogen-bond donors (Lipinski definition) is 0. The van der Waals surface area contributed by atoms with Crippen LogP contribution < -0.4 is 0 Å². The molecule has 0 aliphatic heterocycles. The molecule has 86 valence electrons. The summed E-state index contributed by atoms with van der Waals surface area (Å²) in [6.45, 7) is 1.83. The maximum atomic E-state index is 11.8. The number of alkyl halides is 1. The second-order valence-corrected chi connectivity index (χ2v) is 3.84. The van der Waals surface area contributed by atoms with Gasteiger partial charge in [-0.2, -0.15) is 0 Å². The molecule has 1 atom stereocenters. The van der Waals surface area contributed by atoms with E-state index in [4.69, 9.17) is 11.6 Å². The molecular weight excluding hydrogens is 228 g/mol. The van der Waals surface area contributed by atoms with Crippen LogP contribution in [0.15, 0.2) is 24.3 Å². The number of hydrogen-bond acceptors (Lipinski definition) is 3. The zero-order chi connectivity index (χ0) is 12.1. The van der Waals surface area contributed by atoms with Gasteiger partial charge in [0.1, 0.15) is 0 Å². The fourth-order valence-electron chi connectivity index (χ4n) is 1.28. The van der Waals surface area contributed by atoms with Crippen molar-refractivity contribution in [3.8, 4) is 0 Å². The number of carbonyl (C=O) groups is 2. The van der Waals surface area contributed by atoms with Crippen molar-refractivity contribution in [3.63, 3.8) is 0 Å². The molecule has 1 aromatic rings. The van der Waals surface area contributed by atoms with Crippen molar-refractivity contribution in [2.24, 2.45) is 0 Å². The van der Waals surface area contributed by atoms with Crippen LogP contribution in [0.3, 0.4) is 0 Å². The van der Waals surface area contributed by atoms with Crippen molar-refractivity contribution in [1.82, 2.24) is 0 Å². The van der Waals surface area contributed by atoms with Crippen LogP contribution in [0.25, 0.3) is 0 Å². The zero-order valence-electron chi connectivity index (χ0n) is 9.20. The third-order valence-corrected chi connectivity index (χ3v) is 2.72. The van der Waals surface area contributed by atoms with Gasteiger partial charge in [0, 0.05) is 5.56 Å². The highest BCUT2D eigenvalue weighted by Gasteiger charge is 2.16. The molecule has 1 rings (SSSR count). The molecule has 4 heteroatoms. The van der Waals surface area contributed by atoms with Gasteiger partial charge in [0.05, 0.1) is 18.1 Å². The number of halogens is 1. The Hall–Kier alpha value is -1.35. The van der Waals surface area contributed by atoms with Crippen LogP contribution in [0.4, 0.5) is 0 Å².